The van der Waals surface area contributed by atoms with E-state index in [2.05, 4.69) is 52.7 Å². The van der Waals surface area contributed by atoms with E-state index in [0.29, 0.717) is 25.3 Å². The summed E-state index contributed by atoms with van der Waals surface area (Å²) in [5.41, 5.74) is 1.87. The standard InChI is InChI=1S/C24H26N2O3/c1-28-20-11-9-19(10-12-20)24(27)25-17-23(26-13-15-29-16-14-26)22-8-4-6-18-5-2-3-7-21(18)22/h2-12,23H,13-17H2,1H3,(H,25,27). The highest BCUT2D eigenvalue weighted by atomic mass is 16.5. The molecular formula is C24H26N2O3. The Morgan fingerprint density at radius 1 is 1.03 bits per heavy atom. The van der Waals surface area contributed by atoms with Gasteiger partial charge in [-0.2, -0.15) is 0 Å². The van der Waals surface area contributed by atoms with Crippen molar-refractivity contribution in [3.63, 3.8) is 0 Å². The Morgan fingerprint density at radius 2 is 1.76 bits per heavy atom. The normalized spacial score (nSPS) is 15.8. The number of morpholine rings is 1. The first-order valence-corrected chi connectivity index (χ1v) is 9.98. The molecule has 5 nitrogen and oxygen atoms in total. The highest BCUT2D eigenvalue weighted by Gasteiger charge is 2.24. The van der Waals surface area contributed by atoms with E-state index in [1.807, 2.05) is 0 Å². The van der Waals surface area contributed by atoms with Gasteiger partial charge in [0.15, 0.2) is 0 Å². The monoisotopic (exact) mass is 390 g/mol. The first kappa shape index (κ1) is 19.4. The molecule has 0 bridgehead atoms. The van der Waals surface area contributed by atoms with Crippen LogP contribution in [0, 0.1) is 0 Å². The van der Waals surface area contributed by atoms with E-state index in [1.165, 1.54) is 16.3 Å². The van der Waals surface area contributed by atoms with Gasteiger partial charge in [0.05, 0.1) is 26.4 Å². The number of amides is 1. The minimum atomic E-state index is -0.0776. The lowest BCUT2D eigenvalue weighted by atomic mass is 9.97. The van der Waals surface area contributed by atoms with Crippen molar-refractivity contribution in [2.24, 2.45) is 0 Å². The molecule has 5 heteroatoms. The van der Waals surface area contributed by atoms with E-state index in [-0.39, 0.29) is 11.9 Å². The molecular weight excluding hydrogens is 364 g/mol. The molecule has 1 amide bonds. The second-order valence-corrected chi connectivity index (χ2v) is 7.17. The van der Waals surface area contributed by atoms with Crippen molar-refractivity contribution in [3.8, 4) is 5.75 Å². The molecule has 150 valence electrons. The summed E-state index contributed by atoms with van der Waals surface area (Å²) in [5.74, 6) is 0.662. The van der Waals surface area contributed by atoms with Crippen LogP contribution in [0.3, 0.4) is 0 Å². The maximum Gasteiger partial charge on any atom is 0.251 e. The van der Waals surface area contributed by atoms with Crippen molar-refractivity contribution in [3.05, 3.63) is 77.9 Å². The minimum Gasteiger partial charge on any atom is -0.497 e. The zero-order valence-electron chi connectivity index (χ0n) is 16.6. The number of ether oxygens (including phenoxy) is 2. The van der Waals surface area contributed by atoms with Crippen molar-refractivity contribution < 1.29 is 14.3 Å². The number of nitrogens with zero attached hydrogens (tertiary/aromatic N) is 1. The highest BCUT2D eigenvalue weighted by Crippen LogP contribution is 2.28. The Hall–Kier alpha value is -2.89. The lowest BCUT2D eigenvalue weighted by Crippen LogP contribution is -2.43. The van der Waals surface area contributed by atoms with Crippen LogP contribution in [0.25, 0.3) is 10.8 Å². The Balaban J connectivity index is 1.58. The van der Waals surface area contributed by atoms with Gasteiger partial charge in [0.25, 0.3) is 5.91 Å². The Bertz CT molecular complexity index is 960. The molecule has 1 unspecified atom stereocenters. The Morgan fingerprint density at radius 3 is 2.52 bits per heavy atom. The molecule has 0 aromatic heterocycles. The molecule has 29 heavy (non-hydrogen) atoms. The number of rotatable bonds is 6. The van der Waals surface area contributed by atoms with Crippen LogP contribution in [0.4, 0.5) is 0 Å². The van der Waals surface area contributed by atoms with Crippen LogP contribution in [-0.4, -0.2) is 50.8 Å². The predicted octanol–water partition coefficient (Wildman–Crippen LogP) is 3.65. The van der Waals surface area contributed by atoms with Crippen molar-refractivity contribution in [1.82, 2.24) is 10.2 Å². The van der Waals surface area contributed by atoms with E-state index < -0.39 is 0 Å². The van der Waals surface area contributed by atoms with E-state index >= 15 is 0 Å². The summed E-state index contributed by atoms with van der Waals surface area (Å²) in [6, 6.07) is 22.1. The van der Waals surface area contributed by atoms with Crippen molar-refractivity contribution in [2.45, 2.75) is 6.04 Å². The van der Waals surface area contributed by atoms with Crippen molar-refractivity contribution in [1.29, 1.82) is 0 Å². The molecule has 3 aromatic rings. The third-order valence-electron chi connectivity index (χ3n) is 5.48. The third kappa shape index (κ3) is 4.42. The Kier molecular flexibility index (Phi) is 6.08. The molecule has 0 saturated carbocycles. The van der Waals surface area contributed by atoms with Crippen molar-refractivity contribution >= 4 is 16.7 Å². The van der Waals surface area contributed by atoms with Crippen LogP contribution in [0.2, 0.25) is 0 Å². The molecule has 1 N–H and O–H groups in total. The first-order valence-electron chi connectivity index (χ1n) is 9.98. The van der Waals surface area contributed by atoms with Gasteiger partial charge in [-0.3, -0.25) is 9.69 Å². The number of hydrogen-bond donors (Lipinski definition) is 1. The zero-order chi connectivity index (χ0) is 20.1. The molecule has 4 rings (SSSR count). The topological polar surface area (TPSA) is 50.8 Å². The molecule has 1 heterocycles. The molecule has 0 aliphatic carbocycles. The lowest BCUT2D eigenvalue weighted by molar-refractivity contribution is 0.0165. The van der Waals surface area contributed by atoms with Gasteiger partial charge in [-0.05, 0) is 40.6 Å². The van der Waals surface area contributed by atoms with Crippen LogP contribution < -0.4 is 10.1 Å². The summed E-state index contributed by atoms with van der Waals surface area (Å²) in [6.45, 7) is 3.68. The zero-order valence-corrected chi connectivity index (χ0v) is 16.6. The molecule has 1 aliphatic heterocycles. The maximum atomic E-state index is 12.7. The second-order valence-electron chi connectivity index (χ2n) is 7.17. The number of benzene rings is 3. The maximum absolute atomic E-state index is 12.7. The van der Waals surface area contributed by atoms with E-state index in [1.54, 1.807) is 31.4 Å². The van der Waals surface area contributed by atoms with Gasteiger partial charge in [0.2, 0.25) is 0 Å². The van der Waals surface area contributed by atoms with Gasteiger partial charge in [-0.25, -0.2) is 0 Å². The highest BCUT2D eigenvalue weighted by molar-refractivity contribution is 5.94. The average Bonchev–Trinajstić information content (AvgIpc) is 2.80. The molecule has 1 saturated heterocycles. The van der Waals surface area contributed by atoms with E-state index in [0.717, 1.165) is 18.8 Å². The van der Waals surface area contributed by atoms with Gasteiger partial charge < -0.3 is 14.8 Å². The fourth-order valence-corrected chi connectivity index (χ4v) is 3.90. The van der Waals surface area contributed by atoms with Crippen LogP contribution in [0.1, 0.15) is 22.0 Å². The summed E-state index contributed by atoms with van der Waals surface area (Å²) in [7, 11) is 1.62. The summed E-state index contributed by atoms with van der Waals surface area (Å²) in [4.78, 5) is 15.1. The lowest BCUT2D eigenvalue weighted by Gasteiger charge is -2.35. The van der Waals surface area contributed by atoms with Gasteiger partial charge in [0.1, 0.15) is 5.75 Å². The van der Waals surface area contributed by atoms with Gasteiger partial charge >= 0.3 is 0 Å². The fourth-order valence-electron chi connectivity index (χ4n) is 3.90. The smallest absolute Gasteiger partial charge is 0.251 e. The molecule has 1 fully saturated rings. The van der Waals surface area contributed by atoms with Gasteiger partial charge in [-0.1, -0.05) is 42.5 Å². The number of fused-ring (bicyclic) bond motifs is 1. The van der Waals surface area contributed by atoms with E-state index in [9.17, 15) is 4.79 Å². The van der Waals surface area contributed by atoms with Crippen LogP contribution in [-0.2, 0) is 4.74 Å². The van der Waals surface area contributed by atoms with Crippen LogP contribution in [0.15, 0.2) is 66.7 Å². The summed E-state index contributed by atoms with van der Waals surface area (Å²) in [6.07, 6.45) is 0. The predicted molar refractivity (Wildman–Crippen MR) is 114 cm³/mol. The third-order valence-corrected chi connectivity index (χ3v) is 5.48. The van der Waals surface area contributed by atoms with E-state index in [4.69, 9.17) is 9.47 Å². The second kappa shape index (κ2) is 9.07. The quantitative estimate of drug-likeness (QED) is 0.698. The van der Waals surface area contributed by atoms with Crippen LogP contribution >= 0.6 is 0 Å². The molecule has 0 radical (unpaired) electrons. The summed E-state index contributed by atoms with van der Waals surface area (Å²) in [5, 5.41) is 5.57. The first-order chi connectivity index (χ1) is 14.3. The molecule has 1 aliphatic rings. The van der Waals surface area contributed by atoms with Gasteiger partial charge in [-0.15, -0.1) is 0 Å². The SMILES string of the molecule is COc1ccc(C(=O)NCC(c2cccc3ccccc23)N2CCOCC2)cc1. The molecule has 3 aromatic carbocycles. The summed E-state index contributed by atoms with van der Waals surface area (Å²) >= 11 is 0. The van der Waals surface area contributed by atoms with Crippen LogP contribution in [0.5, 0.6) is 5.75 Å². The number of carbonyl (C=O) groups excluding carboxylic acids is 1. The summed E-state index contributed by atoms with van der Waals surface area (Å²) < 4.78 is 10.7. The number of hydrogen-bond acceptors (Lipinski definition) is 4. The number of methoxy groups -OCH3 is 1. The number of carbonyl (C=O) groups is 1. The minimum absolute atomic E-state index is 0.0776. The average molecular weight is 390 g/mol. The fraction of sp³-hybridized carbons (Fsp3) is 0.292. The van der Waals surface area contributed by atoms with Gasteiger partial charge in [0, 0.05) is 25.2 Å². The largest absolute Gasteiger partial charge is 0.497 e. The molecule has 0 spiro atoms. The van der Waals surface area contributed by atoms with Crippen molar-refractivity contribution in [2.75, 3.05) is 40.0 Å². The molecule has 1 atom stereocenters. The Labute approximate surface area is 171 Å². The number of nitrogens with one attached hydrogen (secondary N) is 1.